The molecule has 0 radical (unpaired) electrons. The molecular weight excluding hydrogens is 298 g/mol. The average molecular weight is 321 g/mol. The minimum Gasteiger partial charge on any atom is -0.452 e. The predicted molar refractivity (Wildman–Crippen MR) is 98.9 cm³/mol. The summed E-state index contributed by atoms with van der Waals surface area (Å²) in [6.45, 7) is 9.94. The smallest absolute Gasteiger partial charge is 0.159 e. The Morgan fingerprint density at radius 1 is 1.17 bits per heavy atom. The highest BCUT2D eigenvalue weighted by atomic mass is 16.3. The van der Waals surface area contributed by atoms with Crippen molar-refractivity contribution in [1.82, 2.24) is 9.88 Å². The third-order valence-corrected chi connectivity index (χ3v) is 4.76. The van der Waals surface area contributed by atoms with Gasteiger partial charge in [0.25, 0.3) is 0 Å². The zero-order valence-electron chi connectivity index (χ0n) is 14.7. The lowest BCUT2D eigenvalue weighted by molar-refractivity contribution is 0.284. The van der Waals surface area contributed by atoms with Gasteiger partial charge in [0, 0.05) is 35.9 Å². The van der Waals surface area contributed by atoms with Crippen molar-refractivity contribution in [3.05, 3.63) is 48.6 Å². The summed E-state index contributed by atoms with van der Waals surface area (Å²) in [6, 6.07) is 6.35. The molecule has 4 heteroatoms. The zero-order chi connectivity index (χ0) is 16.8. The second-order valence-corrected chi connectivity index (χ2v) is 7.01. The molecule has 0 N–H and O–H groups in total. The molecule has 1 aliphatic rings. The number of fused-ring (bicyclic) bond motifs is 3. The van der Waals surface area contributed by atoms with Gasteiger partial charge in [0.2, 0.25) is 0 Å². The van der Waals surface area contributed by atoms with E-state index in [9.17, 15) is 0 Å². The molecule has 0 fully saturated rings. The van der Waals surface area contributed by atoms with Gasteiger partial charge in [-0.15, -0.1) is 0 Å². The Kier molecular flexibility index (Phi) is 3.48. The number of hydrogen-bond donors (Lipinski definition) is 0. The van der Waals surface area contributed by atoms with Gasteiger partial charge in [-0.3, -0.25) is 4.98 Å². The van der Waals surface area contributed by atoms with Gasteiger partial charge in [-0.05, 0) is 31.4 Å². The molecule has 0 spiro atoms. The van der Waals surface area contributed by atoms with Crippen molar-refractivity contribution in [2.45, 2.75) is 33.9 Å². The molecule has 0 saturated heterocycles. The van der Waals surface area contributed by atoms with E-state index < -0.39 is 0 Å². The molecule has 1 aliphatic heterocycles. The predicted octanol–water partition coefficient (Wildman–Crippen LogP) is 4.88. The standard InChI is InChI=1S/C20H23N3O/c1-13(2)12-22-9-10-23(15(22)4)19-14(3)5-6-17-16-7-8-21-11-18(16)24-20(17)19/h5-11,13,15H,12H2,1-4H3/t15-/m0/s1. The Morgan fingerprint density at radius 2 is 2.00 bits per heavy atom. The number of furan rings is 1. The van der Waals surface area contributed by atoms with E-state index in [-0.39, 0.29) is 6.17 Å². The van der Waals surface area contributed by atoms with Crippen LogP contribution in [-0.2, 0) is 0 Å². The van der Waals surface area contributed by atoms with Crippen LogP contribution in [0.5, 0.6) is 0 Å². The molecule has 3 heterocycles. The van der Waals surface area contributed by atoms with E-state index in [1.165, 1.54) is 5.56 Å². The third kappa shape index (κ3) is 2.25. The number of pyridine rings is 1. The van der Waals surface area contributed by atoms with Gasteiger partial charge in [-0.25, -0.2) is 0 Å². The van der Waals surface area contributed by atoms with Gasteiger partial charge in [0.15, 0.2) is 11.2 Å². The Morgan fingerprint density at radius 3 is 2.79 bits per heavy atom. The summed E-state index contributed by atoms with van der Waals surface area (Å²) in [5.41, 5.74) is 4.16. The first-order valence-corrected chi connectivity index (χ1v) is 8.54. The van der Waals surface area contributed by atoms with Crippen LogP contribution < -0.4 is 4.90 Å². The third-order valence-electron chi connectivity index (χ3n) is 4.76. The quantitative estimate of drug-likeness (QED) is 0.688. The largest absolute Gasteiger partial charge is 0.452 e. The van der Waals surface area contributed by atoms with Crippen molar-refractivity contribution in [1.29, 1.82) is 0 Å². The Labute approximate surface area is 142 Å². The molecule has 0 bridgehead atoms. The van der Waals surface area contributed by atoms with Gasteiger partial charge in [-0.1, -0.05) is 26.0 Å². The minimum atomic E-state index is 0.281. The summed E-state index contributed by atoms with van der Waals surface area (Å²) in [5.74, 6) is 0.631. The van der Waals surface area contributed by atoms with Gasteiger partial charge in [0.1, 0.15) is 6.17 Å². The molecule has 3 aromatic rings. The average Bonchev–Trinajstić information content (AvgIpc) is 3.09. The van der Waals surface area contributed by atoms with Crippen LogP contribution in [0.25, 0.3) is 21.9 Å². The van der Waals surface area contributed by atoms with Gasteiger partial charge in [0.05, 0.1) is 11.9 Å². The van der Waals surface area contributed by atoms with Crippen LogP contribution >= 0.6 is 0 Å². The van der Waals surface area contributed by atoms with Crippen LogP contribution in [0.1, 0.15) is 26.3 Å². The number of aryl methyl sites for hydroxylation is 1. The molecule has 124 valence electrons. The van der Waals surface area contributed by atoms with E-state index in [0.29, 0.717) is 5.92 Å². The molecule has 0 aliphatic carbocycles. The van der Waals surface area contributed by atoms with Gasteiger partial charge < -0.3 is 14.2 Å². The number of aromatic nitrogens is 1. The second-order valence-electron chi connectivity index (χ2n) is 7.01. The Balaban J connectivity index is 1.85. The molecular formula is C20H23N3O. The van der Waals surface area contributed by atoms with Crippen LogP contribution in [0.15, 0.2) is 47.4 Å². The molecule has 4 rings (SSSR count). The van der Waals surface area contributed by atoms with E-state index in [4.69, 9.17) is 4.42 Å². The fourth-order valence-electron chi connectivity index (χ4n) is 3.56. The second kappa shape index (κ2) is 5.55. The fraction of sp³-hybridized carbons (Fsp3) is 0.350. The number of anilines is 1. The first kappa shape index (κ1) is 15.1. The van der Waals surface area contributed by atoms with Crippen molar-refractivity contribution in [3.63, 3.8) is 0 Å². The maximum absolute atomic E-state index is 6.18. The summed E-state index contributed by atoms with van der Waals surface area (Å²) in [6.07, 6.45) is 8.25. The van der Waals surface area contributed by atoms with Crippen molar-refractivity contribution in [3.8, 4) is 0 Å². The van der Waals surface area contributed by atoms with Gasteiger partial charge in [-0.2, -0.15) is 0 Å². The highest BCUT2D eigenvalue weighted by Gasteiger charge is 2.27. The normalized spacial score (nSPS) is 17.8. The van der Waals surface area contributed by atoms with Crippen LogP contribution in [0, 0.1) is 12.8 Å². The van der Waals surface area contributed by atoms with Crippen LogP contribution in [-0.4, -0.2) is 22.6 Å². The minimum absolute atomic E-state index is 0.281. The molecule has 0 saturated carbocycles. The fourth-order valence-corrected chi connectivity index (χ4v) is 3.56. The van der Waals surface area contributed by atoms with E-state index in [1.807, 2.05) is 12.3 Å². The maximum Gasteiger partial charge on any atom is 0.159 e. The van der Waals surface area contributed by atoms with E-state index in [1.54, 1.807) is 6.20 Å². The van der Waals surface area contributed by atoms with E-state index in [0.717, 1.165) is 34.2 Å². The van der Waals surface area contributed by atoms with E-state index in [2.05, 4.69) is 67.0 Å². The monoisotopic (exact) mass is 321 g/mol. The number of nitrogens with zero attached hydrogens (tertiary/aromatic N) is 3. The lowest BCUT2D eigenvalue weighted by Crippen LogP contribution is -2.38. The highest BCUT2D eigenvalue weighted by Crippen LogP contribution is 2.39. The van der Waals surface area contributed by atoms with Crippen molar-refractivity contribution in [2.24, 2.45) is 5.92 Å². The first-order valence-electron chi connectivity index (χ1n) is 8.54. The molecule has 0 unspecified atom stereocenters. The Bertz CT molecular complexity index is 925. The van der Waals surface area contributed by atoms with Crippen LogP contribution in [0.4, 0.5) is 5.69 Å². The molecule has 1 aromatic carbocycles. The number of benzene rings is 1. The van der Waals surface area contributed by atoms with Gasteiger partial charge >= 0.3 is 0 Å². The van der Waals surface area contributed by atoms with Crippen molar-refractivity contribution in [2.75, 3.05) is 11.4 Å². The zero-order valence-corrected chi connectivity index (χ0v) is 14.7. The lowest BCUT2D eigenvalue weighted by atomic mass is 10.1. The molecule has 4 nitrogen and oxygen atoms in total. The summed E-state index contributed by atoms with van der Waals surface area (Å²) in [5, 5.41) is 2.27. The van der Waals surface area contributed by atoms with Crippen LogP contribution in [0.2, 0.25) is 0 Å². The molecule has 1 atom stereocenters. The van der Waals surface area contributed by atoms with Crippen LogP contribution in [0.3, 0.4) is 0 Å². The topological polar surface area (TPSA) is 32.5 Å². The number of hydrogen-bond acceptors (Lipinski definition) is 4. The summed E-state index contributed by atoms with van der Waals surface area (Å²) < 4.78 is 6.18. The summed E-state index contributed by atoms with van der Waals surface area (Å²) in [4.78, 5) is 8.89. The Hall–Kier alpha value is -2.49. The molecule has 24 heavy (non-hydrogen) atoms. The van der Waals surface area contributed by atoms with Crippen molar-refractivity contribution >= 4 is 27.6 Å². The molecule has 2 aromatic heterocycles. The molecule has 0 amide bonds. The lowest BCUT2D eigenvalue weighted by Gasteiger charge is -2.31. The maximum atomic E-state index is 6.18. The first-order chi connectivity index (χ1) is 11.6. The summed E-state index contributed by atoms with van der Waals surface area (Å²) in [7, 11) is 0. The summed E-state index contributed by atoms with van der Waals surface area (Å²) >= 11 is 0. The van der Waals surface area contributed by atoms with E-state index >= 15 is 0 Å². The number of rotatable bonds is 3. The highest BCUT2D eigenvalue weighted by molar-refractivity contribution is 6.09. The SMILES string of the molecule is Cc1ccc2c(oc3cnccc32)c1N1C=CN(CC(C)C)[C@@H]1C. The van der Waals surface area contributed by atoms with Crippen molar-refractivity contribution < 1.29 is 4.42 Å².